The van der Waals surface area contributed by atoms with Crippen LogP contribution in [-0.4, -0.2) is 35.6 Å². The fourth-order valence-corrected chi connectivity index (χ4v) is 1.79. The summed E-state index contributed by atoms with van der Waals surface area (Å²) in [5, 5.41) is 9.22. The van der Waals surface area contributed by atoms with Gasteiger partial charge in [0.15, 0.2) is 0 Å². The predicted octanol–water partition coefficient (Wildman–Crippen LogP) is 1.39. The highest BCUT2D eigenvalue weighted by Crippen LogP contribution is 2.17. The number of hydrogen-bond donors (Lipinski definition) is 1. The zero-order chi connectivity index (χ0) is 11.4. The molecule has 0 atom stereocenters. The number of rotatable bonds is 4. The molecule has 2 rings (SSSR count). The molecule has 1 N–H and O–H groups in total. The van der Waals surface area contributed by atoms with E-state index in [0.29, 0.717) is 25.3 Å². The molecule has 0 saturated carbocycles. The van der Waals surface area contributed by atoms with Crippen molar-refractivity contribution in [1.29, 1.82) is 0 Å². The van der Waals surface area contributed by atoms with E-state index in [4.69, 9.17) is 4.74 Å². The lowest BCUT2D eigenvalue weighted by Gasteiger charge is -2.15. The van der Waals surface area contributed by atoms with E-state index in [1.165, 1.54) is 0 Å². The van der Waals surface area contributed by atoms with Gasteiger partial charge in [-0.05, 0) is 18.6 Å². The van der Waals surface area contributed by atoms with Crippen LogP contribution in [-0.2, 0) is 4.79 Å². The Labute approximate surface area is 94.4 Å². The Balaban J connectivity index is 1.77. The molecule has 0 aliphatic carbocycles. The first kappa shape index (κ1) is 10.8. The van der Waals surface area contributed by atoms with Crippen molar-refractivity contribution in [3.63, 3.8) is 0 Å². The first-order valence-corrected chi connectivity index (χ1v) is 5.45. The van der Waals surface area contributed by atoms with Crippen LogP contribution in [0.5, 0.6) is 11.5 Å². The second-order valence-corrected chi connectivity index (χ2v) is 3.83. The van der Waals surface area contributed by atoms with Crippen molar-refractivity contribution in [3.8, 4) is 11.5 Å². The molecule has 16 heavy (non-hydrogen) atoms. The number of hydrogen-bond acceptors (Lipinski definition) is 3. The maximum Gasteiger partial charge on any atom is 0.222 e. The average Bonchev–Trinajstić information content (AvgIpc) is 2.65. The molecule has 0 unspecified atom stereocenters. The van der Waals surface area contributed by atoms with Gasteiger partial charge in [0.05, 0.1) is 6.54 Å². The van der Waals surface area contributed by atoms with Gasteiger partial charge in [-0.1, -0.05) is 6.07 Å². The average molecular weight is 221 g/mol. The van der Waals surface area contributed by atoms with Crippen molar-refractivity contribution >= 4 is 5.91 Å². The first-order chi connectivity index (χ1) is 7.75. The summed E-state index contributed by atoms with van der Waals surface area (Å²) in [5.41, 5.74) is 0. The lowest BCUT2D eigenvalue weighted by atomic mass is 10.3. The third-order valence-electron chi connectivity index (χ3n) is 2.62. The van der Waals surface area contributed by atoms with Crippen LogP contribution in [0, 0.1) is 0 Å². The van der Waals surface area contributed by atoms with Gasteiger partial charge in [0.1, 0.15) is 18.1 Å². The quantitative estimate of drug-likeness (QED) is 0.836. The van der Waals surface area contributed by atoms with E-state index in [9.17, 15) is 9.90 Å². The fraction of sp³-hybridized carbons (Fsp3) is 0.417. The third-order valence-corrected chi connectivity index (χ3v) is 2.62. The van der Waals surface area contributed by atoms with Gasteiger partial charge in [-0.2, -0.15) is 0 Å². The Morgan fingerprint density at radius 1 is 1.44 bits per heavy atom. The zero-order valence-corrected chi connectivity index (χ0v) is 9.06. The van der Waals surface area contributed by atoms with Crippen molar-refractivity contribution in [3.05, 3.63) is 24.3 Å². The topological polar surface area (TPSA) is 49.8 Å². The minimum Gasteiger partial charge on any atom is -0.508 e. The zero-order valence-electron chi connectivity index (χ0n) is 9.06. The van der Waals surface area contributed by atoms with Crippen LogP contribution in [0.4, 0.5) is 0 Å². The van der Waals surface area contributed by atoms with Crippen LogP contribution in [0.1, 0.15) is 12.8 Å². The van der Waals surface area contributed by atoms with Gasteiger partial charge < -0.3 is 14.7 Å². The normalized spacial score (nSPS) is 15.5. The minimum absolute atomic E-state index is 0.190. The first-order valence-electron chi connectivity index (χ1n) is 5.45. The summed E-state index contributed by atoms with van der Waals surface area (Å²) in [7, 11) is 0. The third kappa shape index (κ3) is 2.66. The van der Waals surface area contributed by atoms with Crippen molar-refractivity contribution in [1.82, 2.24) is 4.90 Å². The number of benzene rings is 1. The van der Waals surface area contributed by atoms with Gasteiger partial charge in [0, 0.05) is 19.0 Å². The molecule has 1 fully saturated rings. The molecule has 1 aromatic rings. The number of carbonyl (C=O) groups excluding carboxylic acids is 1. The van der Waals surface area contributed by atoms with Crippen LogP contribution in [0.3, 0.4) is 0 Å². The number of amides is 1. The number of nitrogens with zero attached hydrogens (tertiary/aromatic N) is 1. The molecule has 4 nitrogen and oxygen atoms in total. The van der Waals surface area contributed by atoms with Gasteiger partial charge in [-0.3, -0.25) is 4.79 Å². The molecule has 86 valence electrons. The Hall–Kier alpha value is -1.71. The predicted molar refractivity (Wildman–Crippen MR) is 59.4 cm³/mol. The minimum atomic E-state index is 0.190. The van der Waals surface area contributed by atoms with Crippen molar-refractivity contribution in [2.45, 2.75) is 12.8 Å². The maximum absolute atomic E-state index is 11.3. The summed E-state index contributed by atoms with van der Waals surface area (Å²) in [6.07, 6.45) is 1.61. The van der Waals surface area contributed by atoms with E-state index >= 15 is 0 Å². The summed E-state index contributed by atoms with van der Waals surface area (Å²) >= 11 is 0. The van der Waals surface area contributed by atoms with E-state index in [1.54, 1.807) is 24.3 Å². The van der Waals surface area contributed by atoms with Crippen LogP contribution in [0.2, 0.25) is 0 Å². The van der Waals surface area contributed by atoms with E-state index in [-0.39, 0.29) is 11.7 Å². The molecule has 0 spiro atoms. The summed E-state index contributed by atoms with van der Waals surface area (Å²) in [4.78, 5) is 13.1. The molecule has 1 amide bonds. The number of aromatic hydroxyl groups is 1. The fourth-order valence-electron chi connectivity index (χ4n) is 1.79. The molecule has 1 aromatic carbocycles. The molecule has 1 aliphatic rings. The van der Waals surface area contributed by atoms with E-state index in [0.717, 1.165) is 13.0 Å². The van der Waals surface area contributed by atoms with Crippen molar-refractivity contribution in [2.24, 2.45) is 0 Å². The summed E-state index contributed by atoms with van der Waals surface area (Å²) in [5.74, 6) is 1.03. The highest BCUT2D eigenvalue weighted by molar-refractivity contribution is 5.78. The van der Waals surface area contributed by atoms with E-state index in [2.05, 4.69) is 0 Å². The smallest absolute Gasteiger partial charge is 0.222 e. The second-order valence-electron chi connectivity index (χ2n) is 3.83. The Kier molecular flexibility index (Phi) is 3.29. The molecule has 0 radical (unpaired) electrons. The largest absolute Gasteiger partial charge is 0.508 e. The van der Waals surface area contributed by atoms with Crippen LogP contribution < -0.4 is 4.74 Å². The molecular formula is C12H15NO3. The van der Waals surface area contributed by atoms with Crippen LogP contribution in [0.15, 0.2) is 24.3 Å². The number of carbonyl (C=O) groups is 1. The lowest BCUT2D eigenvalue weighted by Crippen LogP contribution is -2.29. The summed E-state index contributed by atoms with van der Waals surface area (Å²) < 4.78 is 5.44. The maximum atomic E-state index is 11.3. The van der Waals surface area contributed by atoms with Gasteiger partial charge >= 0.3 is 0 Å². The van der Waals surface area contributed by atoms with Gasteiger partial charge in [-0.15, -0.1) is 0 Å². The number of likely N-dealkylation sites (tertiary alicyclic amines) is 1. The molecular weight excluding hydrogens is 206 g/mol. The lowest BCUT2D eigenvalue weighted by molar-refractivity contribution is -0.128. The second kappa shape index (κ2) is 4.88. The standard InChI is InChI=1S/C12H15NO3/c14-10-3-1-4-11(9-10)16-8-7-13-6-2-5-12(13)15/h1,3-4,9,14H,2,5-8H2. The number of phenols is 1. The summed E-state index contributed by atoms with van der Waals surface area (Å²) in [6.45, 7) is 1.92. The Morgan fingerprint density at radius 2 is 2.31 bits per heavy atom. The summed E-state index contributed by atoms with van der Waals surface area (Å²) in [6, 6.07) is 6.67. The number of ether oxygens (including phenoxy) is 1. The molecule has 0 bridgehead atoms. The highest BCUT2D eigenvalue weighted by atomic mass is 16.5. The van der Waals surface area contributed by atoms with Gasteiger partial charge in [-0.25, -0.2) is 0 Å². The SMILES string of the molecule is O=C1CCCN1CCOc1cccc(O)c1. The Bertz CT molecular complexity index is 378. The van der Waals surface area contributed by atoms with Crippen LogP contribution in [0.25, 0.3) is 0 Å². The van der Waals surface area contributed by atoms with Gasteiger partial charge in [0.25, 0.3) is 0 Å². The molecule has 0 aromatic heterocycles. The van der Waals surface area contributed by atoms with Crippen molar-refractivity contribution in [2.75, 3.05) is 19.7 Å². The van der Waals surface area contributed by atoms with E-state index in [1.807, 2.05) is 4.90 Å². The van der Waals surface area contributed by atoms with Crippen molar-refractivity contribution < 1.29 is 14.6 Å². The number of phenolic OH excluding ortho intramolecular Hbond substituents is 1. The highest BCUT2D eigenvalue weighted by Gasteiger charge is 2.19. The molecule has 1 heterocycles. The monoisotopic (exact) mass is 221 g/mol. The van der Waals surface area contributed by atoms with Crippen LogP contribution >= 0.6 is 0 Å². The van der Waals surface area contributed by atoms with Gasteiger partial charge in [0.2, 0.25) is 5.91 Å². The molecule has 4 heteroatoms. The Morgan fingerprint density at radius 3 is 3.00 bits per heavy atom. The van der Waals surface area contributed by atoms with E-state index < -0.39 is 0 Å². The molecule has 1 aliphatic heterocycles. The molecule has 1 saturated heterocycles.